The molecular formula is C12H7Cl3FNO2S. The molecule has 2 rings (SSSR count). The van der Waals surface area contributed by atoms with Crippen molar-refractivity contribution in [2.24, 2.45) is 0 Å². The number of nitrogens with one attached hydrogen (secondary N) is 1. The van der Waals surface area contributed by atoms with Crippen LogP contribution >= 0.6 is 34.8 Å². The molecule has 0 amide bonds. The van der Waals surface area contributed by atoms with E-state index in [0.717, 1.165) is 12.1 Å². The molecule has 0 bridgehead atoms. The number of hydrogen-bond donors (Lipinski definition) is 1. The molecule has 106 valence electrons. The minimum atomic E-state index is -4.00. The molecule has 0 radical (unpaired) electrons. The summed E-state index contributed by atoms with van der Waals surface area (Å²) in [5.74, 6) is -0.648. The SMILES string of the molecule is O=S(=O)(Nc1ccc(F)c(Cl)c1)c1c(Cl)cccc1Cl. The van der Waals surface area contributed by atoms with E-state index in [1.54, 1.807) is 0 Å². The molecule has 0 heterocycles. The van der Waals surface area contributed by atoms with Crippen LogP contribution in [0.4, 0.5) is 10.1 Å². The molecule has 2 aromatic rings. The summed E-state index contributed by atoms with van der Waals surface area (Å²) < 4.78 is 39.7. The number of sulfonamides is 1. The van der Waals surface area contributed by atoms with E-state index in [2.05, 4.69) is 4.72 Å². The first-order valence-corrected chi connectivity index (χ1v) is 7.85. The summed E-state index contributed by atoms with van der Waals surface area (Å²) in [6, 6.07) is 7.77. The van der Waals surface area contributed by atoms with Crippen LogP contribution in [0, 0.1) is 5.82 Å². The molecule has 3 nitrogen and oxygen atoms in total. The molecule has 0 fully saturated rings. The van der Waals surface area contributed by atoms with E-state index in [-0.39, 0.29) is 25.7 Å². The topological polar surface area (TPSA) is 46.2 Å². The summed E-state index contributed by atoms with van der Waals surface area (Å²) in [6.45, 7) is 0. The van der Waals surface area contributed by atoms with E-state index in [9.17, 15) is 12.8 Å². The summed E-state index contributed by atoms with van der Waals surface area (Å²) >= 11 is 17.3. The molecule has 1 N–H and O–H groups in total. The Morgan fingerprint density at radius 1 is 0.950 bits per heavy atom. The van der Waals surface area contributed by atoms with Gasteiger partial charge in [0.1, 0.15) is 10.7 Å². The Labute approximate surface area is 130 Å². The molecule has 0 aromatic heterocycles. The van der Waals surface area contributed by atoms with Gasteiger partial charge in [-0.3, -0.25) is 4.72 Å². The zero-order valence-electron chi connectivity index (χ0n) is 9.70. The van der Waals surface area contributed by atoms with E-state index in [0.29, 0.717) is 0 Å². The van der Waals surface area contributed by atoms with Crippen LogP contribution < -0.4 is 4.72 Å². The van der Waals surface area contributed by atoms with Crippen LogP contribution in [-0.4, -0.2) is 8.42 Å². The highest BCUT2D eigenvalue weighted by molar-refractivity contribution is 7.93. The lowest BCUT2D eigenvalue weighted by atomic mass is 10.3. The van der Waals surface area contributed by atoms with Gasteiger partial charge in [-0.1, -0.05) is 40.9 Å². The van der Waals surface area contributed by atoms with Crippen LogP contribution in [0.5, 0.6) is 0 Å². The minimum absolute atomic E-state index is 0.0155. The number of anilines is 1. The Kier molecular flexibility index (Phi) is 4.44. The largest absolute Gasteiger partial charge is 0.279 e. The second-order valence-corrected chi connectivity index (χ2v) is 6.63. The zero-order valence-corrected chi connectivity index (χ0v) is 12.8. The highest BCUT2D eigenvalue weighted by Crippen LogP contribution is 2.31. The van der Waals surface area contributed by atoms with E-state index in [1.165, 1.54) is 24.3 Å². The average molecular weight is 355 g/mol. The summed E-state index contributed by atoms with van der Waals surface area (Å²) in [5, 5.41) is -0.230. The van der Waals surface area contributed by atoms with Gasteiger partial charge in [-0.25, -0.2) is 12.8 Å². The summed E-state index contributed by atoms with van der Waals surface area (Å²) in [4.78, 5) is -0.246. The average Bonchev–Trinajstić information content (AvgIpc) is 2.33. The van der Waals surface area contributed by atoms with Crippen LogP contribution in [0.2, 0.25) is 15.1 Å². The Hall–Kier alpha value is -1.01. The van der Waals surface area contributed by atoms with Crippen molar-refractivity contribution in [1.82, 2.24) is 0 Å². The zero-order chi connectivity index (χ0) is 14.9. The van der Waals surface area contributed by atoms with Crippen LogP contribution in [0.1, 0.15) is 0 Å². The van der Waals surface area contributed by atoms with Gasteiger partial charge < -0.3 is 0 Å². The molecule has 0 saturated heterocycles. The Morgan fingerprint density at radius 2 is 1.55 bits per heavy atom. The minimum Gasteiger partial charge on any atom is -0.279 e. The third-order valence-corrected chi connectivity index (χ3v) is 4.98. The van der Waals surface area contributed by atoms with Crippen molar-refractivity contribution < 1.29 is 12.8 Å². The molecule has 0 saturated carbocycles. The lowest BCUT2D eigenvalue weighted by Gasteiger charge is -2.11. The van der Waals surface area contributed by atoms with Crippen molar-refractivity contribution in [2.45, 2.75) is 4.90 Å². The van der Waals surface area contributed by atoms with E-state index >= 15 is 0 Å². The van der Waals surface area contributed by atoms with E-state index < -0.39 is 15.8 Å². The third kappa shape index (κ3) is 3.17. The quantitative estimate of drug-likeness (QED) is 0.876. The maximum absolute atomic E-state index is 13.0. The van der Waals surface area contributed by atoms with Gasteiger partial charge in [0, 0.05) is 0 Å². The number of hydrogen-bond acceptors (Lipinski definition) is 2. The van der Waals surface area contributed by atoms with Crippen molar-refractivity contribution in [3.63, 3.8) is 0 Å². The van der Waals surface area contributed by atoms with Gasteiger partial charge in [0.2, 0.25) is 0 Å². The fraction of sp³-hybridized carbons (Fsp3) is 0. The second-order valence-electron chi connectivity index (χ2n) is 3.79. The summed E-state index contributed by atoms with van der Waals surface area (Å²) in [5.41, 5.74) is 0.104. The molecule has 20 heavy (non-hydrogen) atoms. The van der Waals surface area contributed by atoms with Gasteiger partial charge in [0.15, 0.2) is 0 Å². The maximum atomic E-state index is 13.0. The van der Waals surface area contributed by atoms with Crippen molar-refractivity contribution in [2.75, 3.05) is 4.72 Å². The van der Waals surface area contributed by atoms with Gasteiger partial charge in [-0.15, -0.1) is 0 Å². The van der Waals surface area contributed by atoms with Gasteiger partial charge >= 0.3 is 0 Å². The van der Waals surface area contributed by atoms with Gasteiger partial charge in [0.05, 0.1) is 20.8 Å². The van der Waals surface area contributed by atoms with Gasteiger partial charge in [-0.05, 0) is 30.3 Å². The highest BCUT2D eigenvalue weighted by Gasteiger charge is 2.21. The number of benzene rings is 2. The van der Waals surface area contributed by atoms with Crippen molar-refractivity contribution in [3.05, 3.63) is 57.3 Å². The number of rotatable bonds is 3. The lowest BCUT2D eigenvalue weighted by molar-refractivity contribution is 0.601. The van der Waals surface area contributed by atoms with Crippen LogP contribution in [0.3, 0.4) is 0 Å². The van der Waals surface area contributed by atoms with Gasteiger partial charge in [0.25, 0.3) is 10.0 Å². The van der Waals surface area contributed by atoms with Crippen LogP contribution in [0.25, 0.3) is 0 Å². The Morgan fingerprint density at radius 3 is 2.10 bits per heavy atom. The molecule has 0 unspecified atom stereocenters. The normalized spacial score (nSPS) is 11.4. The molecule has 8 heteroatoms. The van der Waals surface area contributed by atoms with E-state index in [1.807, 2.05) is 0 Å². The van der Waals surface area contributed by atoms with Gasteiger partial charge in [-0.2, -0.15) is 0 Å². The Balaban J connectivity index is 2.43. The van der Waals surface area contributed by atoms with Crippen molar-refractivity contribution in [1.29, 1.82) is 0 Å². The highest BCUT2D eigenvalue weighted by atomic mass is 35.5. The van der Waals surface area contributed by atoms with Crippen molar-refractivity contribution >= 4 is 50.5 Å². The van der Waals surface area contributed by atoms with Crippen LogP contribution in [-0.2, 0) is 10.0 Å². The Bertz CT molecular complexity index is 745. The predicted molar refractivity (Wildman–Crippen MR) is 78.7 cm³/mol. The molecule has 0 aliphatic rings. The molecule has 0 aliphatic carbocycles. The molecule has 2 aromatic carbocycles. The monoisotopic (exact) mass is 353 g/mol. The lowest BCUT2D eigenvalue weighted by Crippen LogP contribution is -2.14. The van der Waals surface area contributed by atoms with E-state index in [4.69, 9.17) is 34.8 Å². The first-order chi connectivity index (χ1) is 9.31. The first-order valence-electron chi connectivity index (χ1n) is 5.23. The fourth-order valence-corrected chi connectivity index (χ4v) is 3.88. The third-order valence-electron chi connectivity index (χ3n) is 2.36. The van der Waals surface area contributed by atoms with Crippen molar-refractivity contribution in [3.8, 4) is 0 Å². The summed E-state index contributed by atoms with van der Waals surface area (Å²) in [7, 11) is -4.00. The number of halogens is 4. The fourth-order valence-electron chi connectivity index (χ4n) is 1.51. The molecular weight excluding hydrogens is 348 g/mol. The molecule has 0 atom stereocenters. The standard InChI is InChI=1S/C12H7Cl3FNO2S/c13-8-2-1-3-9(14)12(8)20(18,19)17-7-4-5-11(16)10(15)6-7/h1-6,17H. The maximum Gasteiger partial charge on any atom is 0.264 e. The first kappa shape index (κ1) is 15.4. The second kappa shape index (κ2) is 5.77. The van der Waals surface area contributed by atoms with Crippen LogP contribution in [0.15, 0.2) is 41.3 Å². The smallest absolute Gasteiger partial charge is 0.264 e. The summed E-state index contributed by atoms with van der Waals surface area (Å²) in [6.07, 6.45) is 0. The predicted octanol–water partition coefficient (Wildman–Crippen LogP) is 4.59. The molecule has 0 spiro atoms. The molecule has 0 aliphatic heterocycles.